The third-order valence-electron chi connectivity index (χ3n) is 3.34. The molecule has 0 aliphatic carbocycles. The zero-order valence-corrected chi connectivity index (χ0v) is 15.9. The van der Waals surface area contributed by atoms with Crippen LogP contribution in [0.15, 0.2) is 72.9 Å². The van der Waals surface area contributed by atoms with E-state index >= 15 is 0 Å². The summed E-state index contributed by atoms with van der Waals surface area (Å²) in [5.41, 5.74) is 0. The first kappa shape index (κ1) is 22.9. The van der Waals surface area contributed by atoms with Crippen molar-refractivity contribution in [3.05, 3.63) is 72.9 Å². The van der Waals surface area contributed by atoms with Crippen LogP contribution >= 0.6 is 0 Å². The minimum atomic E-state index is -0.153. The number of carbonyl (C=O) groups excluding carboxylic acids is 1. The van der Waals surface area contributed by atoms with E-state index in [2.05, 4.69) is 78.5 Å². The maximum atomic E-state index is 10.9. The summed E-state index contributed by atoms with van der Waals surface area (Å²) in [4.78, 5) is 10.9. The molecule has 0 saturated heterocycles. The van der Waals surface area contributed by atoms with Gasteiger partial charge in [0.05, 0.1) is 7.11 Å². The number of allylic oxidation sites excluding steroid dienone is 12. The van der Waals surface area contributed by atoms with Gasteiger partial charge in [-0.1, -0.05) is 79.8 Å². The normalized spacial score (nSPS) is 12.9. The molecule has 0 heterocycles. The summed E-state index contributed by atoms with van der Waals surface area (Å²) in [6.07, 6.45) is 33.3. The standard InChI is InChI=1S/C23H34O2/c1-3-4-5-6-7-8-9-10-11-12-13-14-15-16-17-18-19-20-21-22-23(24)25-2/h4-5,7-8,10-11,13-14,16-17,19-20H,3,6,9,12,15,18,21-22H2,1-2H3/b5-4+,8-7-,11-10+,14-13+,17-16+,20-19+. The monoisotopic (exact) mass is 342 g/mol. The van der Waals surface area contributed by atoms with Gasteiger partial charge in [0.2, 0.25) is 0 Å². The maximum absolute atomic E-state index is 10.9. The number of methoxy groups -OCH3 is 1. The van der Waals surface area contributed by atoms with Crippen LogP contribution in [0.5, 0.6) is 0 Å². The number of ether oxygens (including phenoxy) is 1. The molecule has 0 fully saturated rings. The lowest BCUT2D eigenvalue weighted by molar-refractivity contribution is -0.140. The predicted molar refractivity (Wildman–Crippen MR) is 109 cm³/mol. The smallest absolute Gasteiger partial charge is 0.305 e. The van der Waals surface area contributed by atoms with E-state index in [0.717, 1.165) is 44.9 Å². The molecule has 0 atom stereocenters. The van der Waals surface area contributed by atoms with Crippen molar-refractivity contribution in [2.24, 2.45) is 0 Å². The van der Waals surface area contributed by atoms with Gasteiger partial charge in [-0.3, -0.25) is 4.79 Å². The van der Waals surface area contributed by atoms with Crippen LogP contribution in [-0.4, -0.2) is 13.1 Å². The van der Waals surface area contributed by atoms with E-state index in [1.807, 2.05) is 6.08 Å². The molecule has 0 bridgehead atoms. The van der Waals surface area contributed by atoms with Crippen molar-refractivity contribution in [3.8, 4) is 0 Å². The second kappa shape index (κ2) is 20.0. The van der Waals surface area contributed by atoms with Crippen LogP contribution in [0.2, 0.25) is 0 Å². The summed E-state index contributed by atoms with van der Waals surface area (Å²) in [7, 11) is 1.42. The van der Waals surface area contributed by atoms with Crippen LogP contribution in [0.1, 0.15) is 58.3 Å². The topological polar surface area (TPSA) is 26.3 Å². The van der Waals surface area contributed by atoms with Gasteiger partial charge in [-0.15, -0.1) is 0 Å². The Bertz CT molecular complexity index is 476. The molecule has 0 aliphatic rings. The van der Waals surface area contributed by atoms with E-state index in [1.54, 1.807) is 0 Å². The Morgan fingerprint density at radius 2 is 1.00 bits per heavy atom. The molecule has 0 unspecified atom stereocenters. The quantitative estimate of drug-likeness (QED) is 0.261. The zero-order chi connectivity index (χ0) is 18.4. The molecule has 0 radical (unpaired) electrons. The molecule has 0 aliphatic heterocycles. The van der Waals surface area contributed by atoms with Crippen LogP contribution in [0.3, 0.4) is 0 Å². The minimum absolute atomic E-state index is 0.153. The fourth-order valence-corrected chi connectivity index (χ4v) is 1.94. The van der Waals surface area contributed by atoms with Crippen molar-refractivity contribution < 1.29 is 9.53 Å². The molecule has 0 saturated carbocycles. The van der Waals surface area contributed by atoms with E-state index in [-0.39, 0.29) is 5.97 Å². The fraction of sp³-hybridized carbons (Fsp3) is 0.435. The Kier molecular flexibility index (Phi) is 18.3. The van der Waals surface area contributed by atoms with Gasteiger partial charge in [-0.05, 0) is 44.9 Å². The third-order valence-corrected chi connectivity index (χ3v) is 3.34. The van der Waals surface area contributed by atoms with Gasteiger partial charge in [-0.25, -0.2) is 0 Å². The summed E-state index contributed by atoms with van der Waals surface area (Å²) in [5, 5.41) is 0. The number of rotatable bonds is 14. The van der Waals surface area contributed by atoms with Crippen LogP contribution in [-0.2, 0) is 9.53 Å². The molecule has 0 aromatic rings. The van der Waals surface area contributed by atoms with Crippen molar-refractivity contribution in [1.82, 2.24) is 0 Å². The molecular weight excluding hydrogens is 308 g/mol. The molecule has 0 aromatic heterocycles. The van der Waals surface area contributed by atoms with Crippen molar-refractivity contribution in [2.45, 2.75) is 58.3 Å². The highest BCUT2D eigenvalue weighted by atomic mass is 16.5. The van der Waals surface area contributed by atoms with E-state index in [9.17, 15) is 4.79 Å². The second-order valence-electron chi connectivity index (χ2n) is 5.53. The molecule has 2 heteroatoms. The van der Waals surface area contributed by atoms with Crippen molar-refractivity contribution in [3.63, 3.8) is 0 Å². The van der Waals surface area contributed by atoms with E-state index in [4.69, 9.17) is 0 Å². The lowest BCUT2D eigenvalue weighted by atomic mass is 10.2. The molecule has 138 valence electrons. The SMILES string of the molecule is CC/C=C/C/C=C\C/C=C/C/C=C/C/C=C/C/C=C/CCC(=O)OC. The van der Waals surface area contributed by atoms with Gasteiger partial charge in [0.25, 0.3) is 0 Å². The van der Waals surface area contributed by atoms with E-state index in [1.165, 1.54) is 7.11 Å². The first-order valence-electron chi connectivity index (χ1n) is 9.28. The number of esters is 1. The Morgan fingerprint density at radius 3 is 1.36 bits per heavy atom. The Hall–Kier alpha value is -2.09. The lowest BCUT2D eigenvalue weighted by Crippen LogP contribution is -1.97. The Morgan fingerprint density at radius 1 is 0.640 bits per heavy atom. The molecule has 25 heavy (non-hydrogen) atoms. The van der Waals surface area contributed by atoms with Gasteiger partial charge < -0.3 is 4.74 Å². The van der Waals surface area contributed by atoms with Crippen LogP contribution in [0.25, 0.3) is 0 Å². The summed E-state index contributed by atoms with van der Waals surface area (Å²) < 4.78 is 4.58. The highest BCUT2D eigenvalue weighted by molar-refractivity contribution is 5.69. The summed E-state index contributed by atoms with van der Waals surface area (Å²) in [6.45, 7) is 2.15. The van der Waals surface area contributed by atoms with Gasteiger partial charge >= 0.3 is 5.97 Å². The number of hydrogen-bond donors (Lipinski definition) is 0. The molecular formula is C23H34O2. The fourth-order valence-electron chi connectivity index (χ4n) is 1.94. The molecule has 2 nitrogen and oxygen atoms in total. The van der Waals surface area contributed by atoms with Crippen LogP contribution < -0.4 is 0 Å². The largest absolute Gasteiger partial charge is 0.469 e. The first-order valence-corrected chi connectivity index (χ1v) is 9.28. The molecule has 0 rings (SSSR count). The minimum Gasteiger partial charge on any atom is -0.469 e. The van der Waals surface area contributed by atoms with Crippen LogP contribution in [0.4, 0.5) is 0 Å². The van der Waals surface area contributed by atoms with Gasteiger partial charge in [-0.2, -0.15) is 0 Å². The first-order chi connectivity index (χ1) is 12.3. The molecule has 0 N–H and O–H groups in total. The average molecular weight is 343 g/mol. The van der Waals surface area contributed by atoms with Crippen molar-refractivity contribution in [1.29, 1.82) is 0 Å². The average Bonchev–Trinajstić information content (AvgIpc) is 2.63. The predicted octanol–water partition coefficient (Wildman–Crippen LogP) is 6.64. The van der Waals surface area contributed by atoms with Crippen LogP contribution in [0, 0.1) is 0 Å². The Balaban J connectivity index is 3.53. The van der Waals surface area contributed by atoms with Gasteiger partial charge in [0, 0.05) is 6.42 Å². The summed E-state index contributed by atoms with van der Waals surface area (Å²) >= 11 is 0. The van der Waals surface area contributed by atoms with Crippen molar-refractivity contribution in [2.75, 3.05) is 7.11 Å². The maximum Gasteiger partial charge on any atom is 0.305 e. The van der Waals surface area contributed by atoms with E-state index < -0.39 is 0 Å². The molecule has 0 amide bonds. The third kappa shape index (κ3) is 19.9. The highest BCUT2D eigenvalue weighted by Crippen LogP contribution is 1.98. The van der Waals surface area contributed by atoms with Gasteiger partial charge in [0.1, 0.15) is 0 Å². The Labute approximate surface area is 154 Å². The number of carbonyl (C=O) groups is 1. The van der Waals surface area contributed by atoms with Crippen molar-refractivity contribution >= 4 is 5.97 Å². The van der Waals surface area contributed by atoms with Gasteiger partial charge in [0.15, 0.2) is 0 Å². The summed E-state index contributed by atoms with van der Waals surface area (Å²) in [5.74, 6) is -0.153. The summed E-state index contributed by atoms with van der Waals surface area (Å²) in [6, 6.07) is 0. The van der Waals surface area contributed by atoms with E-state index in [0.29, 0.717) is 6.42 Å². The second-order valence-corrected chi connectivity index (χ2v) is 5.53. The highest BCUT2D eigenvalue weighted by Gasteiger charge is 1.94. The molecule has 0 aromatic carbocycles. The lowest BCUT2D eigenvalue weighted by Gasteiger charge is -1.93. The zero-order valence-electron chi connectivity index (χ0n) is 15.9. The molecule has 0 spiro atoms. The number of hydrogen-bond acceptors (Lipinski definition) is 2.